The molecule has 7 heteroatoms. The Morgan fingerprint density at radius 2 is 1.97 bits per heavy atom. The van der Waals surface area contributed by atoms with E-state index in [-0.39, 0.29) is 42.9 Å². The molecule has 0 unspecified atom stereocenters. The van der Waals surface area contributed by atoms with Crippen LogP contribution in [0.1, 0.15) is 29.8 Å². The highest BCUT2D eigenvalue weighted by Gasteiger charge is 2.33. The number of nitrogens with one attached hydrogen (secondary N) is 1. The maximum absolute atomic E-state index is 13.4. The second-order valence-corrected chi connectivity index (χ2v) is 8.81. The number of ether oxygens (including phenoxy) is 1. The lowest BCUT2D eigenvalue weighted by Gasteiger charge is -2.37. The minimum atomic E-state index is -0.327. The van der Waals surface area contributed by atoms with Gasteiger partial charge in [-0.05, 0) is 44.8 Å². The van der Waals surface area contributed by atoms with E-state index >= 15 is 0 Å². The Morgan fingerprint density at radius 3 is 2.62 bits per heavy atom. The zero-order valence-corrected chi connectivity index (χ0v) is 19.2. The van der Waals surface area contributed by atoms with Crippen molar-refractivity contribution in [2.75, 3.05) is 39.1 Å². The molecule has 32 heavy (non-hydrogen) atoms. The van der Waals surface area contributed by atoms with E-state index in [9.17, 15) is 14.7 Å². The van der Waals surface area contributed by atoms with E-state index in [1.54, 1.807) is 23.1 Å². The van der Waals surface area contributed by atoms with Gasteiger partial charge in [0.1, 0.15) is 11.9 Å². The van der Waals surface area contributed by atoms with Crippen LogP contribution in [0.15, 0.2) is 48.5 Å². The molecule has 3 rings (SSSR count). The molecule has 172 valence electrons. The van der Waals surface area contributed by atoms with E-state index in [4.69, 9.17) is 4.74 Å². The smallest absolute Gasteiger partial charge is 0.258 e. The lowest BCUT2D eigenvalue weighted by Crippen LogP contribution is -2.49. The molecule has 0 bridgehead atoms. The Hall–Kier alpha value is -2.90. The average Bonchev–Trinajstić information content (AvgIpc) is 2.76. The normalized spacial score (nSPS) is 19.6. The van der Waals surface area contributed by atoms with Gasteiger partial charge in [-0.15, -0.1) is 0 Å². The first kappa shape index (κ1) is 23.8. The molecule has 2 amide bonds. The van der Waals surface area contributed by atoms with Crippen molar-refractivity contribution in [2.45, 2.75) is 32.4 Å². The van der Waals surface area contributed by atoms with Gasteiger partial charge in [-0.25, -0.2) is 0 Å². The third kappa shape index (κ3) is 5.87. The minimum Gasteiger partial charge on any atom is -0.488 e. The summed E-state index contributed by atoms with van der Waals surface area (Å²) in [6.45, 7) is 4.94. The number of carbonyl (C=O) groups excluding carboxylic acids is 2. The quantitative estimate of drug-likeness (QED) is 0.693. The molecule has 1 aliphatic heterocycles. The van der Waals surface area contributed by atoms with Crippen LogP contribution in [0.3, 0.4) is 0 Å². The van der Waals surface area contributed by atoms with Crippen LogP contribution >= 0.6 is 0 Å². The molecule has 2 aromatic rings. The van der Waals surface area contributed by atoms with Crippen molar-refractivity contribution >= 4 is 17.5 Å². The van der Waals surface area contributed by atoms with E-state index in [1.165, 1.54) is 0 Å². The van der Waals surface area contributed by atoms with Gasteiger partial charge in [0.25, 0.3) is 5.91 Å². The van der Waals surface area contributed by atoms with Gasteiger partial charge in [0.2, 0.25) is 5.91 Å². The molecule has 0 radical (unpaired) electrons. The molecule has 0 saturated carbocycles. The van der Waals surface area contributed by atoms with E-state index < -0.39 is 0 Å². The highest BCUT2D eigenvalue weighted by Crippen LogP contribution is 2.30. The van der Waals surface area contributed by atoms with Gasteiger partial charge in [-0.1, -0.05) is 37.3 Å². The van der Waals surface area contributed by atoms with Crippen LogP contribution < -0.4 is 10.1 Å². The molecule has 0 aliphatic carbocycles. The number of benzene rings is 2. The van der Waals surface area contributed by atoms with Crippen molar-refractivity contribution in [3.8, 4) is 5.75 Å². The molecule has 7 nitrogen and oxygen atoms in total. The molecular formula is C25H33N3O4. The molecule has 2 N–H and O–H groups in total. The first-order valence-electron chi connectivity index (χ1n) is 11.0. The number of amides is 2. The number of fused-ring (bicyclic) bond motifs is 1. The third-order valence-corrected chi connectivity index (χ3v) is 5.70. The van der Waals surface area contributed by atoms with E-state index in [2.05, 4.69) is 17.1 Å². The molecule has 0 spiro atoms. The van der Waals surface area contributed by atoms with Crippen molar-refractivity contribution in [1.82, 2.24) is 9.80 Å². The van der Waals surface area contributed by atoms with Gasteiger partial charge in [-0.2, -0.15) is 0 Å². The molecule has 2 aromatic carbocycles. The van der Waals surface area contributed by atoms with Crippen molar-refractivity contribution in [2.24, 2.45) is 5.92 Å². The van der Waals surface area contributed by atoms with Crippen LogP contribution in [0.25, 0.3) is 0 Å². The summed E-state index contributed by atoms with van der Waals surface area (Å²) in [5.41, 5.74) is 1.84. The number of aliphatic hydroxyl groups is 1. The fourth-order valence-electron chi connectivity index (χ4n) is 3.86. The molecule has 0 saturated heterocycles. The lowest BCUT2D eigenvalue weighted by molar-refractivity contribution is -0.115. The Labute approximate surface area is 190 Å². The highest BCUT2D eigenvalue weighted by molar-refractivity contribution is 6.00. The molecule has 0 fully saturated rings. The zero-order valence-electron chi connectivity index (χ0n) is 19.2. The van der Waals surface area contributed by atoms with Crippen LogP contribution in [0.2, 0.25) is 0 Å². The summed E-state index contributed by atoms with van der Waals surface area (Å²) >= 11 is 0. The average molecular weight is 440 g/mol. The summed E-state index contributed by atoms with van der Waals surface area (Å²) in [6, 6.07) is 14.3. The van der Waals surface area contributed by atoms with Crippen LogP contribution in [-0.2, 0) is 11.2 Å². The van der Waals surface area contributed by atoms with Gasteiger partial charge in [0.15, 0.2) is 0 Å². The molecular weight excluding hydrogens is 406 g/mol. The van der Waals surface area contributed by atoms with Crippen molar-refractivity contribution < 1.29 is 19.4 Å². The fraction of sp³-hybridized carbons (Fsp3) is 0.440. The number of anilines is 1. The number of nitrogens with zero attached hydrogens (tertiary/aromatic N) is 2. The first-order chi connectivity index (χ1) is 15.3. The standard InChI is InChI=1S/C25H33N3O4/c1-17-14-28(18(2)16-29)25(31)21-13-20(10-11-22(21)32-23(17)15-27(3)4)26-24(30)12-19-8-6-5-7-9-19/h5-11,13,17-18,23,29H,12,14-16H2,1-4H3,(H,26,30)/t17-,18+,23-/m1/s1. The summed E-state index contributed by atoms with van der Waals surface area (Å²) in [7, 11) is 3.97. The molecule has 1 aliphatic rings. The van der Waals surface area contributed by atoms with Crippen LogP contribution in [0.4, 0.5) is 5.69 Å². The van der Waals surface area contributed by atoms with Crippen molar-refractivity contribution in [1.29, 1.82) is 0 Å². The Morgan fingerprint density at radius 1 is 1.25 bits per heavy atom. The largest absolute Gasteiger partial charge is 0.488 e. The van der Waals surface area contributed by atoms with Crippen molar-refractivity contribution in [3.05, 3.63) is 59.7 Å². The second kappa shape index (κ2) is 10.6. The van der Waals surface area contributed by atoms with Gasteiger partial charge in [-0.3, -0.25) is 9.59 Å². The Balaban J connectivity index is 1.89. The van der Waals surface area contributed by atoms with E-state index in [1.807, 2.05) is 51.4 Å². The summed E-state index contributed by atoms with van der Waals surface area (Å²) in [5, 5.41) is 12.6. The van der Waals surface area contributed by atoms with Gasteiger partial charge >= 0.3 is 0 Å². The van der Waals surface area contributed by atoms with E-state index in [0.717, 1.165) is 5.56 Å². The minimum absolute atomic E-state index is 0.0775. The van der Waals surface area contributed by atoms with Crippen molar-refractivity contribution in [3.63, 3.8) is 0 Å². The number of hydrogen-bond acceptors (Lipinski definition) is 5. The Kier molecular flexibility index (Phi) is 7.88. The van der Waals surface area contributed by atoms with Gasteiger partial charge in [0.05, 0.1) is 24.6 Å². The summed E-state index contributed by atoms with van der Waals surface area (Å²) in [4.78, 5) is 29.7. The number of likely N-dealkylation sites (N-methyl/N-ethyl adjacent to an activating group) is 1. The maximum atomic E-state index is 13.4. The molecule has 1 heterocycles. The van der Waals surface area contributed by atoms with Gasteiger partial charge in [0, 0.05) is 24.7 Å². The monoisotopic (exact) mass is 439 g/mol. The summed E-state index contributed by atoms with van der Waals surface area (Å²) < 4.78 is 6.28. The summed E-state index contributed by atoms with van der Waals surface area (Å²) in [5.74, 6) is 0.198. The zero-order chi connectivity index (χ0) is 23.3. The predicted octanol–water partition coefficient (Wildman–Crippen LogP) is 2.65. The predicted molar refractivity (Wildman–Crippen MR) is 125 cm³/mol. The molecule has 0 aromatic heterocycles. The van der Waals surface area contributed by atoms with Crippen LogP contribution in [0, 0.1) is 5.92 Å². The number of carbonyl (C=O) groups is 2. The third-order valence-electron chi connectivity index (χ3n) is 5.70. The SMILES string of the molecule is C[C@@H]1CN([C@@H](C)CO)C(=O)c2cc(NC(=O)Cc3ccccc3)ccc2O[C@@H]1CN(C)C. The highest BCUT2D eigenvalue weighted by atomic mass is 16.5. The topological polar surface area (TPSA) is 82.1 Å². The fourth-order valence-corrected chi connectivity index (χ4v) is 3.86. The summed E-state index contributed by atoms with van der Waals surface area (Å²) in [6.07, 6.45) is 0.127. The number of aliphatic hydroxyl groups excluding tert-OH is 1. The lowest BCUT2D eigenvalue weighted by atomic mass is 9.99. The number of rotatable bonds is 7. The number of hydrogen-bond donors (Lipinski definition) is 2. The maximum Gasteiger partial charge on any atom is 0.258 e. The first-order valence-corrected chi connectivity index (χ1v) is 11.0. The van der Waals surface area contributed by atoms with Gasteiger partial charge < -0.3 is 25.0 Å². The molecule has 3 atom stereocenters. The van der Waals surface area contributed by atoms with Crippen LogP contribution in [0.5, 0.6) is 5.75 Å². The van der Waals surface area contributed by atoms with Crippen LogP contribution in [-0.4, -0.2) is 72.7 Å². The second-order valence-electron chi connectivity index (χ2n) is 8.81. The van der Waals surface area contributed by atoms with E-state index in [0.29, 0.717) is 30.1 Å². The Bertz CT molecular complexity index is 932.